The number of rotatable bonds is 6. The molecule has 1 heterocycles. The summed E-state index contributed by atoms with van der Waals surface area (Å²) in [6.07, 6.45) is 0.952. The zero-order valence-electron chi connectivity index (χ0n) is 12.0. The monoisotopic (exact) mass is 299 g/mol. The molecule has 0 radical (unpaired) electrons. The van der Waals surface area contributed by atoms with Crippen LogP contribution in [0.25, 0.3) is 0 Å². The predicted molar refractivity (Wildman–Crippen MR) is 73.0 cm³/mol. The largest absolute Gasteiger partial charge is 0.313 e. The van der Waals surface area contributed by atoms with Crippen molar-refractivity contribution in [2.24, 2.45) is 0 Å². The highest BCUT2D eigenvalue weighted by molar-refractivity contribution is 5.49. The molecule has 1 fully saturated rings. The van der Waals surface area contributed by atoms with E-state index in [1.165, 1.54) is 17.2 Å². The van der Waals surface area contributed by atoms with E-state index in [-0.39, 0.29) is 6.04 Å². The van der Waals surface area contributed by atoms with E-state index in [4.69, 9.17) is 4.84 Å². The number of benzene rings is 1. The fourth-order valence-electron chi connectivity index (χ4n) is 2.42. The molecule has 0 aromatic heterocycles. The van der Waals surface area contributed by atoms with E-state index in [1.54, 1.807) is 14.1 Å². The summed E-state index contributed by atoms with van der Waals surface area (Å²) in [6.45, 7) is 0. The van der Waals surface area contributed by atoms with Crippen molar-refractivity contribution in [2.45, 2.75) is 31.3 Å². The summed E-state index contributed by atoms with van der Waals surface area (Å²) in [5.41, 5.74) is 0.312. The summed E-state index contributed by atoms with van der Waals surface area (Å²) in [6, 6.07) is 3.36. The Bertz CT molecular complexity index is 501. The zero-order chi connectivity index (χ0) is 15.4. The van der Waals surface area contributed by atoms with Crippen LogP contribution in [0.2, 0.25) is 0 Å². The first-order valence-corrected chi connectivity index (χ1v) is 6.78. The maximum Gasteiger partial charge on any atom is 0.146 e. The van der Waals surface area contributed by atoms with Crippen LogP contribution in [0, 0.1) is 11.6 Å². The van der Waals surface area contributed by atoms with Crippen LogP contribution in [0.4, 0.5) is 8.78 Å². The van der Waals surface area contributed by atoms with Crippen LogP contribution in [0.5, 0.6) is 0 Å². The Labute approximate surface area is 122 Å². The molecule has 1 aromatic rings. The lowest BCUT2D eigenvalue weighted by Gasteiger charge is -2.21. The van der Waals surface area contributed by atoms with Crippen molar-refractivity contribution < 1.29 is 18.4 Å². The van der Waals surface area contributed by atoms with Crippen molar-refractivity contribution in [3.63, 3.8) is 0 Å². The molecule has 1 aliphatic heterocycles. The smallest absolute Gasteiger partial charge is 0.146 e. The standard InChI is InChI=1S/C14H19F2N3O2/c1-17-12(4-3-7-20)14-18-13(19(2)21-14)10-6-5-9(15)8-11(10)16/h5-8,12-14,17-18H,3-4H2,1-2H3. The third-order valence-electron chi connectivity index (χ3n) is 3.55. The molecule has 0 spiro atoms. The van der Waals surface area contributed by atoms with Gasteiger partial charge in [0.25, 0.3) is 0 Å². The number of nitrogens with zero attached hydrogens (tertiary/aromatic N) is 1. The van der Waals surface area contributed by atoms with Crippen LogP contribution in [0.3, 0.4) is 0 Å². The zero-order valence-corrected chi connectivity index (χ0v) is 12.0. The average molecular weight is 299 g/mol. The summed E-state index contributed by atoms with van der Waals surface area (Å²) < 4.78 is 26.8. The molecular weight excluding hydrogens is 280 g/mol. The van der Waals surface area contributed by atoms with E-state index >= 15 is 0 Å². The molecule has 7 heteroatoms. The van der Waals surface area contributed by atoms with Gasteiger partial charge in [-0.3, -0.25) is 10.2 Å². The first kappa shape index (κ1) is 16.0. The number of halogens is 2. The molecular formula is C14H19F2N3O2. The van der Waals surface area contributed by atoms with Gasteiger partial charge in [0.1, 0.15) is 30.3 Å². The Balaban J connectivity index is 2.11. The van der Waals surface area contributed by atoms with E-state index in [0.29, 0.717) is 18.4 Å². The van der Waals surface area contributed by atoms with E-state index < -0.39 is 24.0 Å². The van der Waals surface area contributed by atoms with Gasteiger partial charge in [-0.15, -0.1) is 0 Å². The minimum atomic E-state index is -0.627. The normalized spacial score (nSPS) is 24.2. The molecule has 2 N–H and O–H groups in total. The first-order valence-electron chi connectivity index (χ1n) is 6.78. The van der Waals surface area contributed by atoms with Crippen molar-refractivity contribution >= 4 is 6.29 Å². The number of hydroxylamine groups is 2. The fraction of sp³-hybridized carbons (Fsp3) is 0.500. The van der Waals surface area contributed by atoms with Crippen LogP contribution in [-0.4, -0.2) is 37.7 Å². The quantitative estimate of drug-likeness (QED) is 0.776. The number of hydrogen-bond acceptors (Lipinski definition) is 5. The topological polar surface area (TPSA) is 53.6 Å². The highest BCUT2D eigenvalue weighted by Crippen LogP contribution is 2.27. The van der Waals surface area contributed by atoms with Gasteiger partial charge >= 0.3 is 0 Å². The van der Waals surface area contributed by atoms with Crippen molar-refractivity contribution in [3.8, 4) is 0 Å². The number of nitrogens with one attached hydrogen (secondary N) is 2. The van der Waals surface area contributed by atoms with Gasteiger partial charge < -0.3 is 10.1 Å². The van der Waals surface area contributed by atoms with E-state index in [2.05, 4.69) is 10.6 Å². The van der Waals surface area contributed by atoms with Gasteiger partial charge in [-0.2, -0.15) is 5.06 Å². The van der Waals surface area contributed by atoms with Crippen LogP contribution in [-0.2, 0) is 9.63 Å². The number of carbonyl (C=O) groups excluding carboxylic acids is 1. The molecule has 3 unspecified atom stereocenters. The summed E-state index contributed by atoms with van der Waals surface area (Å²) in [4.78, 5) is 16.1. The minimum Gasteiger partial charge on any atom is -0.313 e. The van der Waals surface area contributed by atoms with Gasteiger partial charge in [0.05, 0.1) is 0 Å². The van der Waals surface area contributed by atoms with Crippen molar-refractivity contribution in [1.82, 2.24) is 15.7 Å². The number of carbonyl (C=O) groups is 1. The van der Waals surface area contributed by atoms with E-state index in [9.17, 15) is 13.6 Å². The number of likely N-dealkylation sites (N-methyl/N-ethyl adjacent to an activating group) is 1. The summed E-state index contributed by atoms with van der Waals surface area (Å²) in [7, 11) is 3.44. The molecule has 2 rings (SSSR count). The van der Waals surface area contributed by atoms with Crippen molar-refractivity contribution in [1.29, 1.82) is 0 Å². The fourth-order valence-corrected chi connectivity index (χ4v) is 2.42. The molecule has 116 valence electrons. The maximum absolute atomic E-state index is 13.9. The summed E-state index contributed by atoms with van der Waals surface area (Å²) in [5.74, 6) is -1.24. The van der Waals surface area contributed by atoms with Crippen LogP contribution >= 0.6 is 0 Å². The predicted octanol–water partition coefficient (Wildman–Crippen LogP) is 1.32. The molecule has 3 atom stereocenters. The van der Waals surface area contributed by atoms with Gasteiger partial charge in [-0.1, -0.05) is 6.07 Å². The van der Waals surface area contributed by atoms with Gasteiger partial charge in [0, 0.05) is 31.1 Å². The highest BCUT2D eigenvalue weighted by atomic mass is 19.1. The molecule has 1 saturated heterocycles. The van der Waals surface area contributed by atoms with Crippen LogP contribution in [0.1, 0.15) is 24.6 Å². The second-order valence-electron chi connectivity index (χ2n) is 4.95. The minimum absolute atomic E-state index is 0.0915. The van der Waals surface area contributed by atoms with Crippen LogP contribution < -0.4 is 10.6 Å². The molecule has 0 bridgehead atoms. The Morgan fingerprint density at radius 3 is 2.90 bits per heavy atom. The van der Waals surface area contributed by atoms with Crippen LogP contribution in [0.15, 0.2) is 18.2 Å². The average Bonchev–Trinajstić information content (AvgIpc) is 2.81. The molecule has 0 saturated carbocycles. The lowest BCUT2D eigenvalue weighted by molar-refractivity contribution is -0.152. The first-order chi connectivity index (χ1) is 10.1. The lowest BCUT2D eigenvalue weighted by Crippen LogP contribution is -2.44. The molecule has 0 aliphatic carbocycles. The second-order valence-corrected chi connectivity index (χ2v) is 4.95. The molecule has 0 amide bonds. The second kappa shape index (κ2) is 7.04. The van der Waals surface area contributed by atoms with Gasteiger partial charge in [0.15, 0.2) is 0 Å². The Morgan fingerprint density at radius 1 is 1.52 bits per heavy atom. The molecule has 21 heavy (non-hydrogen) atoms. The lowest BCUT2D eigenvalue weighted by atomic mass is 10.1. The van der Waals surface area contributed by atoms with E-state index in [0.717, 1.165) is 12.4 Å². The number of hydrogen-bond donors (Lipinski definition) is 2. The number of aldehydes is 1. The summed E-state index contributed by atoms with van der Waals surface area (Å²) >= 11 is 0. The maximum atomic E-state index is 13.9. The van der Waals surface area contributed by atoms with Gasteiger partial charge in [-0.25, -0.2) is 8.78 Å². The highest BCUT2D eigenvalue weighted by Gasteiger charge is 2.36. The SMILES string of the molecule is CNC(CCC=O)C1NC(c2ccc(F)cc2F)N(C)O1. The molecule has 1 aliphatic rings. The van der Waals surface area contributed by atoms with E-state index in [1.807, 2.05) is 0 Å². The van der Waals surface area contributed by atoms with Gasteiger partial charge in [-0.05, 0) is 19.5 Å². The third-order valence-corrected chi connectivity index (χ3v) is 3.55. The van der Waals surface area contributed by atoms with Crippen molar-refractivity contribution in [2.75, 3.05) is 14.1 Å². The van der Waals surface area contributed by atoms with Crippen molar-refractivity contribution in [3.05, 3.63) is 35.4 Å². The third kappa shape index (κ3) is 3.62. The summed E-state index contributed by atoms with van der Waals surface area (Å²) in [5, 5.41) is 7.70. The van der Waals surface area contributed by atoms with Gasteiger partial charge in [0.2, 0.25) is 0 Å². The Kier molecular flexibility index (Phi) is 5.35. The Hall–Kier alpha value is -1.41. The Morgan fingerprint density at radius 2 is 2.29 bits per heavy atom. The molecule has 5 nitrogen and oxygen atoms in total. The molecule has 1 aromatic carbocycles.